The van der Waals surface area contributed by atoms with Crippen molar-refractivity contribution in [1.82, 2.24) is 10.2 Å². The van der Waals surface area contributed by atoms with Crippen LogP contribution >= 0.6 is 0 Å². The Hall–Kier alpha value is -4.61. The van der Waals surface area contributed by atoms with Crippen molar-refractivity contribution in [2.75, 3.05) is 27.9 Å². The van der Waals surface area contributed by atoms with E-state index in [0.29, 0.717) is 35.5 Å². The monoisotopic (exact) mass is 644 g/mol. The normalized spacial score (nSPS) is 27.3. The number of benzene rings is 3. The number of carbonyl (C=O) groups is 3. The molecular weight excluding hydrogens is 604 g/mol. The van der Waals surface area contributed by atoms with E-state index >= 15 is 9.59 Å². The number of fused-ring (bicyclic) bond motifs is 4. The van der Waals surface area contributed by atoms with Gasteiger partial charge in [0.1, 0.15) is 34.8 Å². The van der Waals surface area contributed by atoms with Gasteiger partial charge in [0.25, 0.3) is 5.91 Å². The molecule has 6 rings (SSSR count). The summed E-state index contributed by atoms with van der Waals surface area (Å²) in [4.78, 5) is 44.8. The summed E-state index contributed by atoms with van der Waals surface area (Å²) in [6.45, 7) is 3.38. The van der Waals surface area contributed by atoms with Crippen molar-refractivity contribution in [2.45, 2.75) is 62.0 Å². The fourth-order valence-corrected chi connectivity index (χ4v) is 7.34. The molecule has 2 bridgehead atoms. The zero-order valence-corrected chi connectivity index (χ0v) is 27.1. The van der Waals surface area contributed by atoms with Gasteiger partial charge in [-0.25, -0.2) is 0 Å². The number of aliphatic hydroxyl groups is 2. The molecule has 2 amide bonds. The third-order valence-corrected chi connectivity index (χ3v) is 10.0. The number of amides is 2. The summed E-state index contributed by atoms with van der Waals surface area (Å²) in [5.41, 5.74) is -4.88. The van der Waals surface area contributed by atoms with E-state index in [0.717, 1.165) is 0 Å². The number of nitrogens with one attached hydrogen (secondary N) is 1. The number of nitrogens with zero attached hydrogens (tertiary/aromatic N) is 1. The molecule has 2 aliphatic heterocycles. The number of Topliss-reactive ketones (excluding diaryl/α,β-unsaturated/α-hetero) is 1. The van der Waals surface area contributed by atoms with Gasteiger partial charge >= 0.3 is 0 Å². The smallest absolute Gasteiger partial charge is 0.253 e. The lowest BCUT2D eigenvalue weighted by atomic mass is 9.75. The summed E-state index contributed by atoms with van der Waals surface area (Å²) in [6.07, 6.45) is 0.411. The van der Waals surface area contributed by atoms with Crippen molar-refractivity contribution in [1.29, 1.82) is 0 Å². The van der Waals surface area contributed by atoms with Gasteiger partial charge in [-0.15, -0.1) is 0 Å². The van der Waals surface area contributed by atoms with Crippen molar-refractivity contribution in [3.63, 3.8) is 0 Å². The van der Waals surface area contributed by atoms with Crippen LogP contribution in [0.4, 0.5) is 0 Å². The van der Waals surface area contributed by atoms with Crippen LogP contribution in [0.3, 0.4) is 0 Å². The van der Waals surface area contributed by atoms with Gasteiger partial charge in [0, 0.05) is 24.2 Å². The van der Waals surface area contributed by atoms with Gasteiger partial charge in [-0.1, -0.05) is 49.4 Å². The molecule has 47 heavy (non-hydrogen) atoms. The molecule has 3 N–H and O–H groups in total. The van der Waals surface area contributed by atoms with Crippen LogP contribution in [0.25, 0.3) is 0 Å². The first-order valence-corrected chi connectivity index (χ1v) is 15.7. The molecule has 2 heterocycles. The fraction of sp³-hybridized carbons (Fsp3) is 0.417. The summed E-state index contributed by atoms with van der Waals surface area (Å²) in [5, 5.41) is 26.5. The summed E-state index contributed by atoms with van der Waals surface area (Å²) < 4.78 is 23.4. The molecule has 3 aromatic rings. The second-order valence-electron chi connectivity index (χ2n) is 12.5. The Bertz CT molecular complexity index is 1690. The van der Waals surface area contributed by atoms with Crippen molar-refractivity contribution in [3.8, 4) is 23.0 Å². The predicted molar refractivity (Wildman–Crippen MR) is 170 cm³/mol. The van der Waals surface area contributed by atoms with Crippen LogP contribution in [0.5, 0.6) is 23.0 Å². The van der Waals surface area contributed by atoms with Crippen molar-refractivity contribution < 1.29 is 43.5 Å². The maximum atomic E-state index is 15.1. The molecule has 3 aromatic carbocycles. The lowest BCUT2D eigenvalue weighted by Crippen LogP contribution is -2.56. The maximum Gasteiger partial charge on any atom is 0.253 e. The first-order valence-electron chi connectivity index (χ1n) is 15.7. The highest BCUT2D eigenvalue weighted by Crippen LogP contribution is 2.66. The molecule has 6 atom stereocenters. The lowest BCUT2D eigenvalue weighted by molar-refractivity contribution is -0.159. The number of hydrogen-bond donors (Lipinski definition) is 3. The average molecular weight is 645 g/mol. The SMILES string of the molecule is CCC(C)(O)C(=O)N[C@H]1CCCN1C(=O)[C@H]1[C@H](c2ccccc2)[C@@]2(c3ccc(OC)cc3)Oc3cc(OC)cc(OC)c3[C@@]1(O)C2=O. The molecule has 248 valence electrons. The number of methoxy groups -OCH3 is 3. The quantitative estimate of drug-likeness (QED) is 0.319. The molecule has 1 aliphatic carbocycles. The van der Waals surface area contributed by atoms with E-state index in [4.69, 9.17) is 18.9 Å². The third kappa shape index (κ3) is 4.82. The maximum absolute atomic E-state index is 15.1. The number of rotatable bonds is 9. The van der Waals surface area contributed by atoms with E-state index in [9.17, 15) is 15.0 Å². The van der Waals surface area contributed by atoms with Crippen LogP contribution in [0, 0.1) is 5.92 Å². The van der Waals surface area contributed by atoms with E-state index in [-0.39, 0.29) is 30.0 Å². The molecule has 0 aromatic heterocycles. The minimum absolute atomic E-state index is 0.0282. The van der Waals surface area contributed by atoms with Crippen molar-refractivity contribution in [2.24, 2.45) is 5.92 Å². The van der Waals surface area contributed by atoms with Crippen LogP contribution in [-0.4, -0.2) is 72.4 Å². The van der Waals surface area contributed by atoms with Gasteiger partial charge in [-0.2, -0.15) is 0 Å². The molecule has 0 radical (unpaired) electrons. The highest BCUT2D eigenvalue weighted by Gasteiger charge is 2.77. The number of ketones is 1. The standard InChI is InChI=1S/C36H40N2O9/c1-6-34(2,42)33(41)37-27-13-10-18-38(27)31(39)30-28(21-11-8-7-9-12-21)36(22-14-16-23(44-3)17-15-22)32(40)35(30,43)29-25(46-5)19-24(45-4)20-26(29)47-36/h7-9,11-12,14-17,19-20,27-28,30,42-43H,6,10,13,18H2,1-5H3,(H,37,41)/t27-,28+,30-,34?,35+,36-/m1/s1. The summed E-state index contributed by atoms with van der Waals surface area (Å²) in [5.74, 6) is -3.13. The number of hydrogen-bond acceptors (Lipinski definition) is 9. The summed E-state index contributed by atoms with van der Waals surface area (Å²) >= 11 is 0. The van der Waals surface area contributed by atoms with E-state index in [1.807, 2.05) is 6.07 Å². The Morgan fingerprint density at radius 3 is 2.32 bits per heavy atom. The first kappa shape index (κ1) is 32.3. The topological polar surface area (TPSA) is 144 Å². The zero-order chi connectivity index (χ0) is 33.7. The van der Waals surface area contributed by atoms with Gasteiger partial charge in [-0.05, 0) is 43.9 Å². The molecule has 1 saturated carbocycles. The highest BCUT2D eigenvalue weighted by atomic mass is 16.5. The summed E-state index contributed by atoms with van der Waals surface area (Å²) in [6, 6.07) is 19.0. The van der Waals surface area contributed by atoms with Crippen molar-refractivity contribution in [3.05, 3.63) is 83.4 Å². The van der Waals surface area contributed by atoms with E-state index in [1.54, 1.807) is 61.5 Å². The number of likely N-dealkylation sites (tertiary alicyclic amines) is 1. The summed E-state index contributed by atoms with van der Waals surface area (Å²) in [7, 11) is 4.42. The van der Waals surface area contributed by atoms with Crippen LogP contribution < -0.4 is 24.3 Å². The van der Waals surface area contributed by atoms with Gasteiger partial charge in [0.2, 0.25) is 17.3 Å². The molecule has 3 aliphatic rings. The van der Waals surface area contributed by atoms with Crippen molar-refractivity contribution >= 4 is 17.6 Å². The molecule has 11 nitrogen and oxygen atoms in total. The molecule has 11 heteroatoms. The van der Waals surface area contributed by atoms with E-state index in [1.165, 1.54) is 39.2 Å². The van der Waals surface area contributed by atoms with Crippen LogP contribution in [0.2, 0.25) is 0 Å². The van der Waals surface area contributed by atoms with Crippen LogP contribution in [0.15, 0.2) is 66.7 Å². The van der Waals surface area contributed by atoms with E-state index < -0.39 is 52.4 Å². The average Bonchev–Trinajstić information content (AvgIpc) is 3.60. The second-order valence-corrected chi connectivity index (χ2v) is 12.5. The Labute approximate surface area is 273 Å². The predicted octanol–water partition coefficient (Wildman–Crippen LogP) is 3.40. The molecule has 1 saturated heterocycles. The first-order chi connectivity index (χ1) is 22.5. The van der Waals surface area contributed by atoms with Crippen LogP contribution in [-0.2, 0) is 25.6 Å². The van der Waals surface area contributed by atoms with Gasteiger partial charge in [0.05, 0.1) is 38.7 Å². The number of ether oxygens (including phenoxy) is 4. The van der Waals surface area contributed by atoms with Gasteiger partial charge in [0.15, 0.2) is 5.60 Å². The molecular formula is C36H40N2O9. The Balaban J connectivity index is 1.60. The lowest BCUT2D eigenvalue weighted by Gasteiger charge is -2.40. The largest absolute Gasteiger partial charge is 0.497 e. The fourth-order valence-electron chi connectivity index (χ4n) is 7.34. The third-order valence-electron chi connectivity index (χ3n) is 10.0. The Kier molecular flexibility index (Phi) is 8.17. The molecule has 1 unspecified atom stereocenters. The minimum atomic E-state index is -2.42. The molecule has 0 spiro atoms. The number of carbonyl (C=O) groups excluding carboxylic acids is 3. The van der Waals surface area contributed by atoms with Gasteiger partial charge in [-0.3, -0.25) is 14.4 Å². The minimum Gasteiger partial charge on any atom is -0.497 e. The Morgan fingerprint density at radius 2 is 1.70 bits per heavy atom. The molecule has 2 fully saturated rings. The Morgan fingerprint density at radius 1 is 1.02 bits per heavy atom. The van der Waals surface area contributed by atoms with Crippen LogP contribution in [0.1, 0.15) is 55.7 Å². The zero-order valence-electron chi connectivity index (χ0n) is 27.1. The second kappa shape index (κ2) is 11.9. The van der Waals surface area contributed by atoms with E-state index in [2.05, 4.69) is 5.32 Å². The van der Waals surface area contributed by atoms with Gasteiger partial charge < -0.3 is 39.4 Å². The highest BCUT2D eigenvalue weighted by molar-refractivity contribution is 6.08.